The first-order valence-electron chi connectivity index (χ1n) is 5.18. The van der Waals surface area contributed by atoms with Crippen LogP contribution >= 0.6 is 11.3 Å². The van der Waals surface area contributed by atoms with E-state index in [2.05, 4.69) is 10.3 Å². The van der Waals surface area contributed by atoms with E-state index in [0.29, 0.717) is 12.0 Å². The van der Waals surface area contributed by atoms with E-state index in [1.54, 1.807) is 7.05 Å². The highest BCUT2D eigenvalue weighted by atomic mass is 32.1. The second kappa shape index (κ2) is 4.79. The van der Waals surface area contributed by atoms with Gasteiger partial charge in [0.05, 0.1) is 5.69 Å². The number of nitrogens with zero attached hydrogens (tertiary/aromatic N) is 1. The van der Waals surface area contributed by atoms with Gasteiger partial charge in [0.25, 0.3) is 0 Å². The second-order valence-corrected chi connectivity index (χ2v) is 4.77. The van der Waals surface area contributed by atoms with Gasteiger partial charge in [0.1, 0.15) is 11.6 Å². The molecular weight excluding hydrogens is 242 g/mol. The Labute approximate surface area is 102 Å². The molecule has 2 nitrogen and oxygen atoms in total. The monoisotopic (exact) mass is 254 g/mol. The van der Waals surface area contributed by atoms with Gasteiger partial charge in [0.2, 0.25) is 0 Å². The van der Waals surface area contributed by atoms with Crippen LogP contribution in [0.15, 0.2) is 18.2 Å². The molecule has 0 fully saturated rings. The summed E-state index contributed by atoms with van der Waals surface area (Å²) in [6.45, 7) is 1.88. The molecule has 0 unspecified atom stereocenters. The summed E-state index contributed by atoms with van der Waals surface area (Å²) in [6.07, 6.45) is 0.442. The summed E-state index contributed by atoms with van der Waals surface area (Å²) in [5.74, 6) is -1.06. The van der Waals surface area contributed by atoms with Gasteiger partial charge in [0, 0.05) is 24.4 Å². The van der Waals surface area contributed by atoms with Gasteiger partial charge in [-0.1, -0.05) is 6.07 Å². The summed E-state index contributed by atoms with van der Waals surface area (Å²) in [5.41, 5.74) is 1.36. The van der Waals surface area contributed by atoms with Gasteiger partial charge >= 0.3 is 0 Å². The van der Waals surface area contributed by atoms with Crippen molar-refractivity contribution in [1.82, 2.24) is 4.98 Å². The van der Waals surface area contributed by atoms with E-state index in [4.69, 9.17) is 0 Å². The number of anilines is 1. The highest BCUT2D eigenvalue weighted by molar-refractivity contribution is 7.15. The molecule has 2 aromatic rings. The van der Waals surface area contributed by atoms with Crippen LogP contribution in [0, 0.1) is 18.6 Å². The van der Waals surface area contributed by atoms with Gasteiger partial charge in [-0.25, -0.2) is 13.8 Å². The van der Waals surface area contributed by atoms with Crippen LogP contribution in [0.5, 0.6) is 0 Å². The first-order chi connectivity index (χ1) is 8.10. The number of hydrogen-bond donors (Lipinski definition) is 1. The molecule has 0 amide bonds. The molecule has 0 saturated heterocycles. The summed E-state index contributed by atoms with van der Waals surface area (Å²) in [6, 6.07) is 3.65. The number of aromatic nitrogens is 1. The summed E-state index contributed by atoms with van der Waals surface area (Å²) < 4.78 is 26.2. The lowest BCUT2D eigenvalue weighted by Gasteiger charge is -2.01. The van der Waals surface area contributed by atoms with Crippen molar-refractivity contribution in [3.8, 4) is 0 Å². The molecule has 5 heteroatoms. The van der Waals surface area contributed by atoms with Crippen LogP contribution in [-0.4, -0.2) is 12.0 Å². The fourth-order valence-corrected chi connectivity index (χ4v) is 2.48. The molecule has 0 spiro atoms. The zero-order chi connectivity index (χ0) is 12.4. The summed E-state index contributed by atoms with van der Waals surface area (Å²) in [7, 11) is 1.79. The van der Waals surface area contributed by atoms with E-state index in [1.807, 2.05) is 6.92 Å². The molecule has 0 radical (unpaired) electrons. The molecule has 0 atom stereocenters. The van der Waals surface area contributed by atoms with Gasteiger partial charge in [-0.2, -0.15) is 0 Å². The third-order valence-electron chi connectivity index (χ3n) is 2.47. The van der Waals surface area contributed by atoms with Crippen molar-refractivity contribution >= 4 is 16.5 Å². The van der Waals surface area contributed by atoms with Crippen molar-refractivity contribution in [2.24, 2.45) is 0 Å². The molecule has 0 aliphatic rings. The Morgan fingerprint density at radius 1 is 1.35 bits per heavy atom. The van der Waals surface area contributed by atoms with Gasteiger partial charge in [-0.3, -0.25) is 0 Å². The molecule has 0 aliphatic heterocycles. The molecule has 1 heterocycles. The molecule has 1 aromatic carbocycles. The largest absolute Gasteiger partial charge is 0.365 e. The Hall–Kier alpha value is -1.49. The second-order valence-electron chi connectivity index (χ2n) is 3.69. The molecule has 0 aliphatic carbocycles. The first-order valence-corrected chi connectivity index (χ1v) is 6.00. The van der Waals surface area contributed by atoms with Crippen molar-refractivity contribution in [3.63, 3.8) is 0 Å². The minimum Gasteiger partial charge on any atom is -0.365 e. The zero-order valence-electron chi connectivity index (χ0n) is 9.55. The van der Waals surface area contributed by atoms with Gasteiger partial charge in [0.15, 0.2) is 5.13 Å². The normalized spacial score (nSPS) is 10.6. The lowest BCUT2D eigenvalue weighted by molar-refractivity contribution is 0.575. The maximum absolute atomic E-state index is 13.5. The molecule has 0 bridgehead atoms. The van der Waals surface area contributed by atoms with Crippen molar-refractivity contribution in [2.45, 2.75) is 13.3 Å². The van der Waals surface area contributed by atoms with Crippen molar-refractivity contribution in [3.05, 3.63) is 46.0 Å². The number of benzene rings is 1. The third kappa shape index (κ3) is 2.61. The van der Waals surface area contributed by atoms with E-state index in [1.165, 1.54) is 23.5 Å². The Bertz CT molecular complexity index is 537. The number of rotatable bonds is 3. The Morgan fingerprint density at radius 2 is 2.12 bits per heavy atom. The van der Waals surface area contributed by atoms with E-state index in [9.17, 15) is 8.78 Å². The van der Waals surface area contributed by atoms with Crippen molar-refractivity contribution < 1.29 is 8.78 Å². The predicted molar refractivity (Wildman–Crippen MR) is 65.6 cm³/mol. The van der Waals surface area contributed by atoms with Gasteiger partial charge in [-0.15, -0.1) is 11.3 Å². The predicted octanol–water partition coefficient (Wildman–Crippen LogP) is 3.36. The smallest absolute Gasteiger partial charge is 0.182 e. The number of halogens is 2. The van der Waals surface area contributed by atoms with E-state index < -0.39 is 11.6 Å². The van der Waals surface area contributed by atoms with Crippen molar-refractivity contribution in [1.29, 1.82) is 0 Å². The number of aryl methyl sites for hydroxylation is 1. The highest BCUT2D eigenvalue weighted by Gasteiger charge is 2.10. The summed E-state index contributed by atoms with van der Waals surface area (Å²) >= 11 is 1.48. The first kappa shape index (κ1) is 12.0. The average Bonchev–Trinajstić information content (AvgIpc) is 2.64. The van der Waals surface area contributed by atoms with Gasteiger partial charge < -0.3 is 5.32 Å². The van der Waals surface area contributed by atoms with E-state index in [0.717, 1.165) is 21.8 Å². The maximum Gasteiger partial charge on any atom is 0.182 e. The van der Waals surface area contributed by atoms with Crippen LogP contribution < -0.4 is 5.32 Å². The lowest BCUT2D eigenvalue weighted by Crippen LogP contribution is -1.93. The number of thiazole rings is 1. The average molecular weight is 254 g/mol. The minimum absolute atomic E-state index is 0.442. The van der Waals surface area contributed by atoms with Gasteiger partial charge in [-0.05, 0) is 18.6 Å². The van der Waals surface area contributed by atoms with Crippen LogP contribution in [0.4, 0.5) is 13.9 Å². The summed E-state index contributed by atoms with van der Waals surface area (Å²) in [5, 5.41) is 3.76. The van der Waals surface area contributed by atoms with Crippen LogP contribution in [0.3, 0.4) is 0 Å². The maximum atomic E-state index is 13.5. The minimum atomic E-state index is -0.553. The summed E-state index contributed by atoms with van der Waals surface area (Å²) in [4.78, 5) is 5.27. The third-order valence-corrected chi connectivity index (χ3v) is 3.65. The van der Waals surface area contributed by atoms with E-state index in [-0.39, 0.29) is 0 Å². The quantitative estimate of drug-likeness (QED) is 0.908. The molecule has 90 valence electrons. The molecule has 0 saturated carbocycles. The molecule has 1 aromatic heterocycles. The standard InChI is InChI=1S/C12H12F2N2S/c1-7-11(17-12(15-2)16-7)5-8-3-4-9(13)6-10(8)14/h3-4,6H,5H2,1-2H3,(H,15,16). The topological polar surface area (TPSA) is 24.9 Å². The van der Waals surface area contributed by atoms with Crippen molar-refractivity contribution in [2.75, 3.05) is 12.4 Å². The Kier molecular flexibility index (Phi) is 3.38. The fraction of sp³-hybridized carbons (Fsp3) is 0.250. The molecule has 2 rings (SSSR count). The molecule has 1 N–H and O–H groups in total. The fourth-order valence-electron chi connectivity index (χ4n) is 1.54. The number of hydrogen-bond acceptors (Lipinski definition) is 3. The molecular formula is C12H12F2N2S. The highest BCUT2D eigenvalue weighted by Crippen LogP contribution is 2.25. The number of nitrogens with one attached hydrogen (secondary N) is 1. The Morgan fingerprint density at radius 3 is 2.71 bits per heavy atom. The zero-order valence-corrected chi connectivity index (χ0v) is 10.4. The lowest BCUT2D eigenvalue weighted by atomic mass is 10.1. The van der Waals surface area contributed by atoms with Crippen LogP contribution in [0.25, 0.3) is 0 Å². The Balaban J connectivity index is 2.27. The van der Waals surface area contributed by atoms with E-state index >= 15 is 0 Å². The van der Waals surface area contributed by atoms with Crippen LogP contribution in [0.2, 0.25) is 0 Å². The van der Waals surface area contributed by atoms with Crippen LogP contribution in [0.1, 0.15) is 16.1 Å². The van der Waals surface area contributed by atoms with Crippen LogP contribution in [-0.2, 0) is 6.42 Å². The SMILES string of the molecule is CNc1nc(C)c(Cc2ccc(F)cc2F)s1. The molecule has 17 heavy (non-hydrogen) atoms.